The third-order valence-electron chi connectivity index (χ3n) is 3.80. The Morgan fingerprint density at radius 2 is 1.94 bits per heavy atom. The number of hydrogen-bond donors (Lipinski definition) is 1. The Morgan fingerprint density at radius 3 is 2.53 bits per heavy atom. The standard InChI is InChI=1S/C15H25NS/c1-3-14-10-11-15(17-14)12(2)16-13-8-6-4-5-7-9-13/h10-13,16H,3-9H2,1-2H3. The summed E-state index contributed by atoms with van der Waals surface area (Å²) in [7, 11) is 0. The summed E-state index contributed by atoms with van der Waals surface area (Å²) in [6.45, 7) is 4.55. The van der Waals surface area contributed by atoms with Gasteiger partial charge >= 0.3 is 0 Å². The lowest BCUT2D eigenvalue weighted by atomic mass is 10.1. The predicted octanol–water partition coefficient (Wildman–Crippen LogP) is 4.68. The zero-order valence-electron chi connectivity index (χ0n) is 11.2. The third-order valence-corrected chi connectivity index (χ3v) is 5.21. The monoisotopic (exact) mass is 251 g/mol. The number of aryl methyl sites for hydroxylation is 1. The minimum absolute atomic E-state index is 0.531. The lowest BCUT2D eigenvalue weighted by Crippen LogP contribution is -2.30. The normalized spacial score (nSPS) is 20.1. The summed E-state index contributed by atoms with van der Waals surface area (Å²) >= 11 is 1.97. The van der Waals surface area contributed by atoms with Gasteiger partial charge in [0, 0.05) is 21.8 Å². The molecule has 1 aromatic rings. The molecule has 0 amide bonds. The van der Waals surface area contributed by atoms with Gasteiger partial charge in [0.2, 0.25) is 0 Å². The molecular weight excluding hydrogens is 226 g/mol. The Balaban J connectivity index is 1.88. The molecule has 17 heavy (non-hydrogen) atoms. The lowest BCUT2D eigenvalue weighted by molar-refractivity contribution is 0.417. The van der Waals surface area contributed by atoms with Crippen LogP contribution in [0.4, 0.5) is 0 Å². The molecule has 0 bridgehead atoms. The SMILES string of the molecule is CCc1ccc(C(C)NC2CCCCCC2)s1. The minimum atomic E-state index is 0.531. The highest BCUT2D eigenvalue weighted by Crippen LogP contribution is 2.26. The van der Waals surface area contributed by atoms with Crippen LogP contribution in [-0.4, -0.2) is 6.04 Å². The maximum Gasteiger partial charge on any atom is 0.0388 e. The number of rotatable bonds is 4. The van der Waals surface area contributed by atoms with Crippen LogP contribution in [0.1, 0.15) is 68.2 Å². The second-order valence-electron chi connectivity index (χ2n) is 5.23. The summed E-state index contributed by atoms with van der Waals surface area (Å²) < 4.78 is 0. The van der Waals surface area contributed by atoms with Crippen molar-refractivity contribution >= 4 is 11.3 Å². The highest BCUT2D eigenvalue weighted by molar-refractivity contribution is 7.12. The van der Waals surface area contributed by atoms with Crippen molar-refractivity contribution in [2.75, 3.05) is 0 Å². The number of nitrogens with one attached hydrogen (secondary N) is 1. The van der Waals surface area contributed by atoms with Crippen LogP contribution in [0.5, 0.6) is 0 Å². The van der Waals surface area contributed by atoms with Crippen LogP contribution in [0.25, 0.3) is 0 Å². The van der Waals surface area contributed by atoms with Crippen molar-refractivity contribution in [2.45, 2.75) is 70.9 Å². The molecule has 1 heterocycles. The summed E-state index contributed by atoms with van der Waals surface area (Å²) in [6, 6.07) is 5.87. The highest BCUT2D eigenvalue weighted by atomic mass is 32.1. The van der Waals surface area contributed by atoms with Gasteiger partial charge in [-0.05, 0) is 38.3 Å². The molecule has 0 aromatic carbocycles. The van der Waals surface area contributed by atoms with Crippen molar-refractivity contribution in [3.8, 4) is 0 Å². The predicted molar refractivity (Wildman–Crippen MR) is 76.7 cm³/mol. The Bertz CT molecular complexity index is 323. The van der Waals surface area contributed by atoms with Gasteiger partial charge in [-0.15, -0.1) is 11.3 Å². The van der Waals surface area contributed by atoms with Crippen LogP contribution < -0.4 is 5.32 Å². The largest absolute Gasteiger partial charge is 0.307 e. The van der Waals surface area contributed by atoms with E-state index in [0.717, 1.165) is 6.04 Å². The molecular formula is C15H25NS. The van der Waals surface area contributed by atoms with Crippen molar-refractivity contribution < 1.29 is 0 Å². The molecule has 1 aliphatic carbocycles. The zero-order valence-corrected chi connectivity index (χ0v) is 12.0. The van der Waals surface area contributed by atoms with E-state index in [0.29, 0.717) is 6.04 Å². The third kappa shape index (κ3) is 3.82. The van der Waals surface area contributed by atoms with Crippen LogP contribution in [0.3, 0.4) is 0 Å². The quantitative estimate of drug-likeness (QED) is 0.766. The first kappa shape index (κ1) is 13.1. The Labute approximate surface area is 110 Å². The first-order valence-electron chi connectivity index (χ1n) is 7.14. The second-order valence-corrected chi connectivity index (χ2v) is 6.43. The highest BCUT2D eigenvalue weighted by Gasteiger charge is 2.16. The van der Waals surface area contributed by atoms with Gasteiger partial charge in [-0.25, -0.2) is 0 Å². The van der Waals surface area contributed by atoms with Crippen molar-refractivity contribution in [2.24, 2.45) is 0 Å². The van der Waals surface area contributed by atoms with E-state index in [1.165, 1.54) is 54.7 Å². The van der Waals surface area contributed by atoms with E-state index in [2.05, 4.69) is 31.3 Å². The molecule has 1 fully saturated rings. The van der Waals surface area contributed by atoms with Gasteiger partial charge in [-0.1, -0.05) is 32.6 Å². The van der Waals surface area contributed by atoms with Gasteiger partial charge in [0.25, 0.3) is 0 Å². The van der Waals surface area contributed by atoms with E-state index in [4.69, 9.17) is 0 Å². The molecule has 0 radical (unpaired) electrons. The van der Waals surface area contributed by atoms with E-state index in [1.807, 2.05) is 11.3 Å². The summed E-state index contributed by atoms with van der Waals surface area (Å²) in [5.74, 6) is 0. The summed E-state index contributed by atoms with van der Waals surface area (Å²) in [5.41, 5.74) is 0. The van der Waals surface area contributed by atoms with E-state index >= 15 is 0 Å². The fourth-order valence-electron chi connectivity index (χ4n) is 2.70. The average molecular weight is 251 g/mol. The molecule has 1 saturated carbocycles. The second kappa shape index (κ2) is 6.55. The molecule has 96 valence electrons. The van der Waals surface area contributed by atoms with Crippen LogP contribution in [0.2, 0.25) is 0 Å². The molecule has 2 rings (SSSR count). The van der Waals surface area contributed by atoms with Gasteiger partial charge in [0.15, 0.2) is 0 Å². The zero-order chi connectivity index (χ0) is 12.1. The summed E-state index contributed by atoms with van der Waals surface area (Å²) in [5, 5.41) is 3.82. The van der Waals surface area contributed by atoms with Gasteiger partial charge in [0.1, 0.15) is 0 Å². The molecule has 2 heteroatoms. The Kier molecular flexibility index (Phi) is 5.05. The number of hydrogen-bond acceptors (Lipinski definition) is 2. The van der Waals surface area contributed by atoms with Crippen LogP contribution in [-0.2, 0) is 6.42 Å². The molecule has 1 nitrogen and oxygen atoms in total. The van der Waals surface area contributed by atoms with E-state index in [-0.39, 0.29) is 0 Å². The molecule has 1 aromatic heterocycles. The van der Waals surface area contributed by atoms with Crippen molar-refractivity contribution in [1.82, 2.24) is 5.32 Å². The number of thiophene rings is 1. The molecule has 1 aliphatic rings. The van der Waals surface area contributed by atoms with Gasteiger partial charge in [0.05, 0.1) is 0 Å². The topological polar surface area (TPSA) is 12.0 Å². The fourth-order valence-corrected chi connectivity index (χ4v) is 3.66. The molecule has 1 unspecified atom stereocenters. The van der Waals surface area contributed by atoms with Crippen LogP contribution >= 0.6 is 11.3 Å². The lowest BCUT2D eigenvalue weighted by Gasteiger charge is -2.21. The minimum Gasteiger partial charge on any atom is -0.307 e. The summed E-state index contributed by atoms with van der Waals surface area (Å²) in [4.78, 5) is 3.01. The molecule has 0 aliphatic heterocycles. The molecule has 0 spiro atoms. The van der Waals surface area contributed by atoms with Gasteiger partial charge < -0.3 is 5.32 Å². The van der Waals surface area contributed by atoms with Crippen LogP contribution in [0, 0.1) is 0 Å². The van der Waals surface area contributed by atoms with Crippen molar-refractivity contribution in [1.29, 1.82) is 0 Å². The average Bonchev–Trinajstić information content (AvgIpc) is 2.68. The molecule has 1 atom stereocenters. The summed E-state index contributed by atoms with van der Waals surface area (Å²) in [6.07, 6.45) is 9.61. The smallest absolute Gasteiger partial charge is 0.0388 e. The van der Waals surface area contributed by atoms with E-state index < -0.39 is 0 Å². The molecule has 0 saturated heterocycles. The van der Waals surface area contributed by atoms with E-state index in [9.17, 15) is 0 Å². The van der Waals surface area contributed by atoms with Crippen LogP contribution in [0.15, 0.2) is 12.1 Å². The first-order chi connectivity index (χ1) is 8.29. The Morgan fingerprint density at radius 1 is 1.24 bits per heavy atom. The van der Waals surface area contributed by atoms with Crippen molar-refractivity contribution in [3.05, 3.63) is 21.9 Å². The maximum absolute atomic E-state index is 3.82. The van der Waals surface area contributed by atoms with Gasteiger partial charge in [-0.3, -0.25) is 0 Å². The maximum atomic E-state index is 3.82. The van der Waals surface area contributed by atoms with E-state index in [1.54, 1.807) is 0 Å². The van der Waals surface area contributed by atoms with Gasteiger partial charge in [-0.2, -0.15) is 0 Å². The first-order valence-corrected chi connectivity index (χ1v) is 7.96. The fraction of sp³-hybridized carbons (Fsp3) is 0.733. The van der Waals surface area contributed by atoms with Crippen molar-refractivity contribution in [3.63, 3.8) is 0 Å². The Hall–Kier alpha value is -0.340. The molecule has 1 N–H and O–H groups in total.